The molecular formula is C17H18N3O. The van der Waals surface area contributed by atoms with E-state index in [1.165, 1.54) is 5.56 Å². The van der Waals surface area contributed by atoms with Crippen molar-refractivity contribution in [3.05, 3.63) is 60.3 Å². The van der Waals surface area contributed by atoms with Gasteiger partial charge in [-0.1, -0.05) is 30.3 Å². The molecule has 2 atom stereocenters. The minimum atomic E-state index is -0.307. The number of pyridine rings is 1. The zero-order valence-electron chi connectivity index (χ0n) is 11.8. The van der Waals surface area contributed by atoms with Crippen molar-refractivity contribution in [2.45, 2.75) is 24.8 Å². The predicted molar refractivity (Wildman–Crippen MR) is 81.8 cm³/mol. The number of hydrogen-bond donors (Lipinski definition) is 1. The van der Waals surface area contributed by atoms with Crippen molar-refractivity contribution in [2.75, 3.05) is 11.4 Å². The Labute approximate surface area is 124 Å². The number of piperidine rings is 1. The number of hydrogen-bond acceptors (Lipinski definition) is 3. The van der Waals surface area contributed by atoms with Gasteiger partial charge in [-0.2, -0.15) is 0 Å². The Morgan fingerprint density at radius 1 is 1.29 bits per heavy atom. The van der Waals surface area contributed by atoms with Crippen LogP contribution in [0, 0.1) is 6.07 Å². The van der Waals surface area contributed by atoms with Gasteiger partial charge in [0.2, 0.25) is 5.91 Å². The number of carbonyl (C=O) groups is 1. The Kier molecular flexibility index (Phi) is 3.86. The first-order valence-electron chi connectivity index (χ1n) is 7.18. The molecule has 2 heterocycles. The molecule has 1 saturated heterocycles. The first-order valence-corrected chi connectivity index (χ1v) is 7.18. The number of amides is 1. The summed E-state index contributed by atoms with van der Waals surface area (Å²) in [6.45, 7) is 0.782. The molecule has 1 aliphatic heterocycles. The molecule has 1 fully saturated rings. The zero-order valence-corrected chi connectivity index (χ0v) is 11.8. The third kappa shape index (κ3) is 2.89. The van der Waals surface area contributed by atoms with Crippen molar-refractivity contribution < 1.29 is 4.79 Å². The average Bonchev–Trinajstić information content (AvgIpc) is 2.56. The number of anilines is 1. The third-order valence-corrected chi connectivity index (χ3v) is 4.10. The molecule has 1 aliphatic rings. The smallest absolute Gasteiger partial charge is 0.240 e. The van der Waals surface area contributed by atoms with Crippen molar-refractivity contribution in [2.24, 2.45) is 5.73 Å². The van der Waals surface area contributed by atoms with Gasteiger partial charge in [-0.05, 0) is 36.5 Å². The van der Waals surface area contributed by atoms with E-state index in [1.807, 2.05) is 35.2 Å². The van der Waals surface area contributed by atoms with E-state index < -0.39 is 0 Å². The van der Waals surface area contributed by atoms with Crippen LogP contribution < -0.4 is 10.6 Å². The van der Waals surface area contributed by atoms with Gasteiger partial charge in [-0.15, -0.1) is 0 Å². The Morgan fingerprint density at radius 3 is 2.76 bits per heavy atom. The van der Waals surface area contributed by atoms with E-state index in [9.17, 15) is 4.79 Å². The molecule has 1 aromatic carbocycles. The molecule has 1 amide bonds. The van der Waals surface area contributed by atoms with Crippen molar-refractivity contribution in [1.82, 2.24) is 4.98 Å². The summed E-state index contributed by atoms with van der Waals surface area (Å²) in [6.07, 6.45) is 3.35. The second-order valence-electron chi connectivity index (χ2n) is 5.36. The maximum atomic E-state index is 11.9. The van der Waals surface area contributed by atoms with E-state index >= 15 is 0 Å². The molecular weight excluding hydrogens is 262 g/mol. The summed E-state index contributed by atoms with van der Waals surface area (Å²) in [5.41, 5.74) is 6.89. The molecule has 2 aromatic rings. The van der Waals surface area contributed by atoms with E-state index in [1.54, 1.807) is 6.20 Å². The van der Waals surface area contributed by atoms with Gasteiger partial charge in [0, 0.05) is 18.8 Å². The van der Waals surface area contributed by atoms with E-state index in [0.717, 1.165) is 25.2 Å². The fourth-order valence-corrected chi connectivity index (χ4v) is 3.02. The van der Waals surface area contributed by atoms with Gasteiger partial charge in [0.1, 0.15) is 11.9 Å². The SMILES string of the molecule is NC(=O)C1CC(c2ccccc2)CCN1c1cc[c]cn1. The summed E-state index contributed by atoms with van der Waals surface area (Å²) >= 11 is 0. The minimum Gasteiger partial charge on any atom is -0.368 e. The number of rotatable bonds is 3. The van der Waals surface area contributed by atoms with Crippen LogP contribution in [-0.2, 0) is 4.79 Å². The van der Waals surface area contributed by atoms with Crippen LogP contribution in [0.2, 0.25) is 0 Å². The van der Waals surface area contributed by atoms with Gasteiger partial charge in [0.05, 0.1) is 0 Å². The van der Waals surface area contributed by atoms with E-state index in [0.29, 0.717) is 5.92 Å². The van der Waals surface area contributed by atoms with Gasteiger partial charge >= 0.3 is 0 Å². The van der Waals surface area contributed by atoms with Crippen molar-refractivity contribution in [3.63, 3.8) is 0 Å². The van der Waals surface area contributed by atoms with Gasteiger partial charge in [0.25, 0.3) is 0 Å². The van der Waals surface area contributed by atoms with Crippen LogP contribution in [0.15, 0.2) is 48.7 Å². The lowest BCUT2D eigenvalue weighted by atomic mass is 9.85. The van der Waals surface area contributed by atoms with Crippen molar-refractivity contribution >= 4 is 11.7 Å². The Morgan fingerprint density at radius 2 is 2.10 bits per heavy atom. The average molecular weight is 280 g/mol. The quantitative estimate of drug-likeness (QED) is 0.937. The molecule has 2 unspecified atom stereocenters. The molecule has 4 nitrogen and oxygen atoms in total. The predicted octanol–water partition coefficient (Wildman–Crippen LogP) is 2.12. The number of primary amides is 1. The second-order valence-corrected chi connectivity index (χ2v) is 5.36. The Balaban J connectivity index is 1.83. The van der Waals surface area contributed by atoms with E-state index in [2.05, 4.69) is 23.2 Å². The standard InChI is InChI=1S/C17H18N3O/c18-17(21)15-12-14(13-6-2-1-3-7-13)9-11-20(15)16-8-4-5-10-19-16/h1-4,6-8,10,14-15H,9,11-12H2,(H2,18,21). The minimum absolute atomic E-state index is 0.287. The number of nitrogens with two attached hydrogens (primary N) is 1. The van der Waals surface area contributed by atoms with Crippen molar-refractivity contribution in [1.29, 1.82) is 0 Å². The molecule has 0 spiro atoms. The van der Waals surface area contributed by atoms with Gasteiger partial charge in [-0.3, -0.25) is 4.79 Å². The number of aromatic nitrogens is 1. The number of nitrogens with zero attached hydrogens (tertiary/aromatic N) is 2. The highest BCUT2D eigenvalue weighted by molar-refractivity contribution is 5.83. The van der Waals surface area contributed by atoms with Crippen molar-refractivity contribution in [3.8, 4) is 0 Å². The summed E-state index contributed by atoms with van der Waals surface area (Å²) in [6, 6.07) is 16.6. The van der Waals surface area contributed by atoms with E-state index in [-0.39, 0.29) is 11.9 Å². The highest BCUT2D eigenvalue weighted by atomic mass is 16.1. The first-order chi connectivity index (χ1) is 10.3. The molecule has 4 heteroatoms. The van der Waals surface area contributed by atoms with Crippen LogP contribution in [-0.4, -0.2) is 23.5 Å². The summed E-state index contributed by atoms with van der Waals surface area (Å²) in [5, 5.41) is 0. The zero-order chi connectivity index (χ0) is 14.7. The maximum absolute atomic E-state index is 11.9. The van der Waals surface area contributed by atoms with Gasteiger partial charge in [0.15, 0.2) is 0 Å². The van der Waals surface area contributed by atoms with Crippen LogP contribution in [0.1, 0.15) is 24.3 Å². The second kappa shape index (κ2) is 5.95. The Hall–Kier alpha value is -2.36. The summed E-state index contributed by atoms with van der Waals surface area (Å²) in [4.78, 5) is 18.2. The van der Waals surface area contributed by atoms with Crippen LogP contribution in [0.4, 0.5) is 5.82 Å². The normalized spacial score (nSPS) is 22.0. The van der Waals surface area contributed by atoms with E-state index in [4.69, 9.17) is 5.73 Å². The number of benzene rings is 1. The molecule has 0 bridgehead atoms. The van der Waals surface area contributed by atoms with Gasteiger partial charge < -0.3 is 10.6 Å². The highest BCUT2D eigenvalue weighted by Gasteiger charge is 2.33. The Bertz CT molecular complexity index is 600. The maximum Gasteiger partial charge on any atom is 0.240 e. The van der Waals surface area contributed by atoms with Crippen LogP contribution in [0.25, 0.3) is 0 Å². The fourth-order valence-electron chi connectivity index (χ4n) is 3.02. The molecule has 1 radical (unpaired) electrons. The summed E-state index contributed by atoms with van der Waals surface area (Å²) < 4.78 is 0. The molecule has 1 aromatic heterocycles. The summed E-state index contributed by atoms with van der Waals surface area (Å²) in [5.74, 6) is 0.879. The topological polar surface area (TPSA) is 59.2 Å². The molecule has 2 N–H and O–H groups in total. The third-order valence-electron chi connectivity index (χ3n) is 4.10. The van der Waals surface area contributed by atoms with Crippen LogP contribution in [0.3, 0.4) is 0 Å². The largest absolute Gasteiger partial charge is 0.368 e. The molecule has 0 aliphatic carbocycles. The monoisotopic (exact) mass is 280 g/mol. The molecule has 21 heavy (non-hydrogen) atoms. The fraction of sp³-hybridized carbons (Fsp3) is 0.294. The number of carbonyl (C=O) groups excluding carboxylic acids is 1. The molecule has 107 valence electrons. The molecule has 0 saturated carbocycles. The lowest BCUT2D eigenvalue weighted by molar-refractivity contribution is -0.119. The van der Waals surface area contributed by atoms with Gasteiger partial charge in [-0.25, -0.2) is 4.98 Å². The molecule has 3 rings (SSSR count). The lowest BCUT2D eigenvalue weighted by Gasteiger charge is -2.38. The highest BCUT2D eigenvalue weighted by Crippen LogP contribution is 2.33. The lowest BCUT2D eigenvalue weighted by Crippen LogP contribution is -2.50. The first kappa shape index (κ1) is 13.6. The van der Waals surface area contributed by atoms with Crippen LogP contribution in [0.5, 0.6) is 0 Å². The van der Waals surface area contributed by atoms with Crippen LogP contribution >= 0.6 is 0 Å². The summed E-state index contributed by atoms with van der Waals surface area (Å²) in [7, 11) is 0.